The maximum Gasteiger partial charge on any atom is 0.248 e. The summed E-state index contributed by atoms with van der Waals surface area (Å²) in [5.74, 6) is 0.582. The molecule has 4 rings (SSSR count). The van der Waals surface area contributed by atoms with E-state index in [0.717, 1.165) is 11.4 Å². The quantitative estimate of drug-likeness (QED) is 0.873. The van der Waals surface area contributed by atoms with E-state index in [1.165, 1.54) is 12.8 Å². The molecule has 2 aromatic rings. The first-order chi connectivity index (χ1) is 10.7. The smallest absolute Gasteiger partial charge is 0.248 e. The molecule has 8 heteroatoms. The molecule has 0 aromatic carbocycles. The highest BCUT2D eigenvalue weighted by atomic mass is 16.5. The van der Waals surface area contributed by atoms with Crippen LogP contribution in [-0.4, -0.2) is 63.5 Å². The lowest BCUT2D eigenvalue weighted by Crippen LogP contribution is -2.46. The molecule has 22 heavy (non-hydrogen) atoms. The van der Waals surface area contributed by atoms with Crippen molar-refractivity contribution in [3.8, 4) is 0 Å². The summed E-state index contributed by atoms with van der Waals surface area (Å²) in [5.41, 5.74) is 2.70. The second kappa shape index (κ2) is 5.20. The number of anilines is 1. The maximum atomic E-state index is 11.4. The third kappa shape index (κ3) is 2.50. The van der Waals surface area contributed by atoms with Crippen molar-refractivity contribution in [2.24, 2.45) is 0 Å². The van der Waals surface area contributed by atoms with Crippen LogP contribution in [0, 0.1) is 0 Å². The Morgan fingerprint density at radius 1 is 1.45 bits per heavy atom. The number of amides is 1. The molecule has 0 spiro atoms. The van der Waals surface area contributed by atoms with Gasteiger partial charge in [-0.3, -0.25) is 4.79 Å². The first-order valence-corrected chi connectivity index (χ1v) is 7.51. The average Bonchev–Trinajstić information content (AvgIpc) is 3.26. The molecule has 2 aliphatic rings. The van der Waals surface area contributed by atoms with Crippen LogP contribution in [0.4, 0.5) is 5.69 Å². The van der Waals surface area contributed by atoms with Crippen LogP contribution in [-0.2, 0) is 9.53 Å². The van der Waals surface area contributed by atoms with E-state index in [1.54, 1.807) is 22.8 Å². The Morgan fingerprint density at radius 2 is 2.32 bits per heavy atom. The highest BCUT2D eigenvalue weighted by molar-refractivity contribution is 5.77. The van der Waals surface area contributed by atoms with Gasteiger partial charge in [-0.15, -0.1) is 10.2 Å². The number of fused-ring (bicyclic) bond motifs is 1. The van der Waals surface area contributed by atoms with Gasteiger partial charge in [-0.05, 0) is 18.9 Å². The number of ether oxygens (including phenoxy) is 1. The van der Waals surface area contributed by atoms with E-state index in [-0.39, 0.29) is 18.6 Å². The minimum atomic E-state index is -0.0248. The predicted molar refractivity (Wildman–Crippen MR) is 78.6 cm³/mol. The van der Waals surface area contributed by atoms with Gasteiger partial charge in [0.05, 0.1) is 17.5 Å². The van der Waals surface area contributed by atoms with Crippen molar-refractivity contribution in [2.45, 2.75) is 24.9 Å². The van der Waals surface area contributed by atoms with E-state index in [2.05, 4.69) is 26.7 Å². The highest BCUT2D eigenvalue weighted by Gasteiger charge is 2.27. The lowest BCUT2D eigenvalue weighted by molar-refractivity contribution is -0.145. The fourth-order valence-electron chi connectivity index (χ4n) is 2.66. The number of hydrogen-bond acceptors (Lipinski definition) is 6. The summed E-state index contributed by atoms with van der Waals surface area (Å²) in [7, 11) is 1.80. The number of nitrogens with zero attached hydrogens (tertiary/aromatic N) is 5. The first kappa shape index (κ1) is 13.4. The molecule has 1 unspecified atom stereocenters. The third-order valence-electron chi connectivity index (χ3n) is 4.15. The van der Waals surface area contributed by atoms with Gasteiger partial charge < -0.3 is 15.0 Å². The van der Waals surface area contributed by atoms with Gasteiger partial charge in [-0.1, -0.05) is 0 Å². The van der Waals surface area contributed by atoms with Gasteiger partial charge in [0, 0.05) is 26.1 Å². The minimum Gasteiger partial charge on any atom is -0.379 e. The molecule has 2 aromatic heterocycles. The molecule has 0 radical (unpaired) electrons. The number of carbonyl (C=O) groups is 1. The van der Waals surface area contributed by atoms with Crippen molar-refractivity contribution in [1.29, 1.82) is 0 Å². The molecule has 1 saturated carbocycles. The summed E-state index contributed by atoms with van der Waals surface area (Å²) in [6.07, 6.45) is 3.98. The van der Waals surface area contributed by atoms with Crippen molar-refractivity contribution >= 4 is 17.2 Å². The summed E-state index contributed by atoms with van der Waals surface area (Å²) < 4.78 is 7.27. The molecule has 1 amide bonds. The summed E-state index contributed by atoms with van der Waals surface area (Å²) in [6, 6.07) is 2.05. The molecule has 1 atom stereocenters. The normalized spacial score (nSPS) is 22.3. The number of aromatic nitrogens is 4. The first-order valence-electron chi connectivity index (χ1n) is 7.51. The minimum absolute atomic E-state index is 0.0241. The lowest BCUT2D eigenvalue weighted by atomic mass is 10.2. The lowest BCUT2D eigenvalue weighted by Gasteiger charge is -2.30. The molecule has 3 heterocycles. The van der Waals surface area contributed by atoms with Gasteiger partial charge in [-0.2, -0.15) is 9.61 Å². The van der Waals surface area contributed by atoms with Gasteiger partial charge in [0.1, 0.15) is 12.9 Å². The monoisotopic (exact) mass is 302 g/mol. The van der Waals surface area contributed by atoms with Crippen LogP contribution in [0.15, 0.2) is 12.4 Å². The van der Waals surface area contributed by atoms with Crippen LogP contribution >= 0.6 is 0 Å². The van der Waals surface area contributed by atoms with E-state index in [9.17, 15) is 4.79 Å². The number of morpholine rings is 1. The second-order valence-corrected chi connectivity index (χ2v) is 5.94. The maximum absolute atomic E-state index is 11.4. The molecular weight excluding hydrogens is 284 g/mol. The molecule has 1 aliphatic carbocycles. The van der Waals surface area contributed by atoms with Gasteiger partial charge >= 0.3 is 0 Å². The van der Waals surface area contributed by atoms with E-state index in [4.69, 9.17) is 4.74 Å². The highest BCUT2D eigenvalue weighted by Crippen LogP contribution is 2.39. The summed E-state index contributed by atoms with van der Waals surface area (Å²) in [5, 5.41) is 16.0. The summed E-state index contributed by atoms with van der Waals surface area (Å²) in [6.45, 7) is 1.36. The standard InChI is InChI=1S/C14H18N6O2/c1-19-6-10(22-7-13(19)21)5-15-12-4-11(9-2-3-9)18-20-8-16-17-14(12)20/h4,8-10,15H,2-3,5-7H2,1H3. The third-order valence-corrected chi connectivity index (χ3v) is 4.15. The zero-order valence-corrected chi connectivity index (χ0v) is 12.4. The second-order valence-electron chi connectivity index (χ2n) is 5.94. The fraction of sp³-hybridized carbons (Fsp3) is 0.571. The number of carbonyl (C=O) groups excluding carboxylic acids is 1. The SMILES string of the molecule is CN1CC(CNc2cc(C3CC3)nn3cnnc23)OCC1=O. The fourth-order valence-corrected chi connectivity index (χ4v) is 2.66. The number of hydrogen-bond donors (Lipinski definition) is 1. The number of rotatable bonds is 4. The van der Waals surface area contributed by atoms with E-state index in [0.29, 0.717) is 24.7 Å². The van der Waals surface area contributed by atoms with Crippen molar-refractivity contribution in [2.75, 3.05) is 32.1 Å². The Morgan fingerprint density at radius 3 is 3.09 bits per heavy atom. The zero-order chi connectivity index (χ0) is 15.1. The molecular formula is C14H18N6O2. The van der Waals surface area contributed by atoms with Crippen molar-refractivity contribution in [3.05, 3.63) is 18.1 Å². The van der Waals surface area contributed by atoms with Crippen molar-refractivity contribution in [1.82, 2.24) is 24.7 Å². The Bertz CT molecular complexity index is 710. The van der Waals surface area contributed by atoms with E-state index in [1.807, 2.05) is 0 Å². The predicted octanol–water partition coefficient (Wildman–Crippen LogP) is 0.271. The molecule has 1 N–H and O–H groups in total. The molecule has 116 valence electrons. The molecule has 0 bridgehead atoms. The Kier molecular flexibility index (Phi) is 3.18. The zero-order valence-electron chi connectivity index (χ0n) is 12.4. The molecule has 2 fully saturated rings. The Balaban J connectivity index is 1.51. The van der Waals surface area contributed by atoms with Crippen LogP contribution in [0.5, 0.6) is 0 Å². The van der Waals surface area contributed by atoms with Gasteiger partial charge in [-0.25, -0.2) is 0 Å². The number of nitrogens with one attached hydrogen (secondary N) is 1. The molecule has 1 aliphatic heterocycles. The van der Waals surface area contributed by atoms with Gasteiger partial charge in [0.15, 0.2) is 0 Å². The summed E-state index contributed by atoms with van der Waals surface area (Å²) in [4.78, 5) is 13.1. The Labute approximate surface area is 127 Å². The van der Waals surface area contributed by atoms with Crippen LogP contribution in [0.3, 0.4) is 0 Å². The van der Waals surface area contributed by atoms with Crippen LogP contribution in [0.1, 0.15) is 24.5 Å². The average molecular weight is 302 g/mol. The Hall–Kier alpha value is -2.22. The van der Waals surface area contributed by atoms with Crippen molar-refractivity contribution in [3.63, 3.8) is 0 Å². The van der Waals surface area contributed by atoms with Crippen LogP contribution in [0.25, 0.3) is 5.65 Å². The molecule has 8 nitrogen and oxygen atoms in total. The topological polar surface area (TPSA) is 84.7 Å². The van der Waals surface area contributed by atoms with Crippen LogP contribution < -0.4 is 5.32 Å². The largest absolute Gasteiger partial charge is 0.379 e. The van der Waals surface area contributed by atoms with Crippen LogP contribution in [0.2, 0.25) is 0 Å². The van der Waals surface area contributed by atoms with Crippen molar-refractivity contribution < 1.29 is 9.53 Å². The summed E-state index contributed by atoms with van der Waals surface area (Å²) >= 11 is 0. The molecule has 1 saturated heterocycles. The van der Waals surface area contributed by atoms with E-state index >= 15 is 0 Å². The van der Waals surface area contributed by atoms with E-state index < -0.39 is 0 Å². The van der Waals surface area contributed by atoms with Gasteiger partial charge in [0.2, 0.25) is 11.6 Å². The van der Waals surface area contributed by atoms with Gasteiger partial charge in [0.25, 0.3) is 0 Å². The number of likely N-dealkylation sites (N-methyl/N-ethyl adjacent to an activating group) is 1.